The fraction of sp³-hybridized carbons (Fsp3) is 0.0141. The molecule has 1 heteroatoms. The lowest BCUT2D eigenvalue weighted by Gasteiger charge is -2.34. The lowest BCUT2D eigenvalue weighted by Crippen LogP contribution is -2.28. The summed E-state index contributed by atoms with van der Waals surface area (Å²) in [5, 5.41) is 2.51. The molecule has 1 nitrogen and oxygen atoms in total. The second kappa shape index (κ2) is 18.2. The molecule has 0 bridgehead atoms. The zero-order valence-corrected chi connectivity index (χ0v) is 39.7. The van der Waals surface area contributed by atoms with Gasteiger partial charge in [0.1, 0.15) is 0 Å². The van der Waals surface area contributed by atoms with Crippen LogP contribution in [-0.4, -0.2) is 0 Å². The van der Waals surface area contributed by atoms with Gasteiger partial charge in [0, 0.05) is 16.9 Å². The van der Waals surface area contributed by atoms with Crippen molar-refractivity contribution >= 4 is 27.8 Å². The predicted molar refractivity (Wildman–Crippen MR) is 303 cm³/mol. The highest BCUT2D eigenvalue weighted by Crippen LogP contribution is 2.59. The van der Waals surface area contributed by atoms with Crippen LogP contribution in [0.4, 0.5) is 17.1 Å². The van der Waals surface area contributed by atoms with Gasteiger partial charge in [-0.1, -0.05) is 255 Å². The molecule has 0 saturated carbocycles. The SMILES string of the molecule is c1ccc(-c2ccc(-c3ccc(N(c4ccc(-c5ccc(-c6cccc(-c7ccc8ccccc8c7)c6)cc5)cc4)c4cccc5c4-c4ccccc4C5(c4ccccc4)c4ccccc4)cc3)cc2)cc1. The van der Waals surface area contributed by atoms with Crippen molar-refractivity contribution in [3.8, 4) is 66.8 Å². The van der Waals surface area contributed by atoms with Gasteiger partial charge in [-0.15, -0.1) is 0 Å². The molecule has 0 aromatic heterocycles. The maximum atomic E-state index is 2.46. The second-order valence-electron chi connectivity index (χ2n) is 18.8. The number of fused-ring (bicyclic) bond motifs is 4. The fourth-order valence-electron chi connectivity index (χ4n) is 11.3. The summed E-state index contributed by atoms with van der Waals surface area (Å²) in [7, 11) is 0. The quantitative estimate of drug-likeness (QED) is 0.132. The average Bonchev–Trinajstić information content (AvgIpc) is 3.78. The first-order valence-electron chi connectivity index (χ1n) is 24.9. The Morgan fingerprint density at radius 3 is 1.18 bits per heavy atom. The van der Waals surface area contributed by atoms with E-state index >= 15 is 0 Å². The molecule has 0 aliphatic heterocycles. The predicted octanol–water partition coefficient (Wildman–Crippen LogP) is 19.0. The van der Waals surface area contributed by atoms with E-state index in [1.54, 1.807) is 0 Å². The third-order valence-corrected chi connectivity index (χ3v) is 14.8. The Hall–Kier alpha value is -9.30. The lowest BCUT2D eigenvalue weighted by atomic mass is 9.68. The molecule has 0 N–H and O–H groups in total. The van der Waals surface area contributed by atoms with Gasteiger partial charge in [-0.05, 0) is 137 Å². The molecule has 0 heterocycles. The standard InChI is InChI=1S/C71H49N/c1-4-16-50(17-5-1)52-30-32-53(33-31-52)55-40-44-64(45-41-55)72(69-29-15-28-68-70(69)66-26-12-13-27-67(66)71(68,62-22-6-2-7-23-62)63-24-8-3-9-25-63)65-46-42-56(43-47-65)54-34-36-57(37-35-54)59-20-14-21-60(48-59)61-39-38-51-18-10-11-19-58(51)49-61/h1-49H. The minimum atomic E-state index is -0.514. The van der Waals surface area contributed by atoms with Crippen molar-refractivity contribution in [1.29, 1.82) is 0 Å². The highest BCUT2D eigenvalue weighted by molar-refractivity contribution is 5.98. The molecule has 72 heavy (non-hydrogen) atoms. The fourth-order valence-corrected chi connectivity index (χ4v) is 11.3. The molecule has 1 aliphatic carbocycles. The van der Waals surface area contributed by atoms with Gasteiger partial charge in [0.15, 0.2) is 0 Å². The summed E-state index contributed by atoms with van der Waals surface area (Å²) in [6.07, 6.45) is 0. The number of rotatable bonds is 10. The Balaban J connectivity index is 0.895. The smallest absolute Gasteiger partial charge is 0.0714 e. The van der Waals surface area contributed by atoms with E-state index < -0.39 is 5.41 Å². The zero-order chi connectivity index (χ0) is 47.8. The lowest BCUT2D eigenvalue weighted by molar-refractivity contribution is 0.768. The van der Waals surface area contributed by atoms with Gasteiger partial charge in [0.2, 0.25) is 0 Å². The van der Waals surface area contributed by atoms with Crippen molar-refractivity contribution in [3.63, 3.8) is 0 Å². The van der Waals surface area contributed by atoms with Gasteiger partial charge < -0.3 is 4.90 Å². The minimum Gasteiger partial charge on any atom is -0.310 e. The van der Waals surface area contributed by atoms with Crippen LogP contribution in [0.2, 0.25) is 0 Å². The Bertz CT molecular complexity index is 3820. The first-order chi connectivity index (χ1) is 35.7. The van der Waals surface area contributed by atoms with E-state index in [1.165, 1.54) is 99.8 Å². The molecule has 0 atom stereocenters. The normalized spacial score (nSPS) is 12.3. The van der Waals surface area contributed by atoms with Crippen molar-refractivity contribution in [1.82, 2.24) is 0 Å². The molecule has 12 aromatic carbocycles. The van der Waals surface area contributed by atoms with Crippen LogP contribution in [0.15, 0.2) is 297 Å². The van der Waals surface area contributed by atoms with Gasteiger partial charge >= 0.3 is 0 Å². The number of anilines is 3. The van der Waals surface area contributed by atoms with Crippen molar-refractivity contribution in [2.24, 2.45) is 0 Å². The Labute approximate surface area is 422 Å². The van der Waals surface area contributed by atoms with Crippen molar-refractivity contribution in [2.75, 3.05) is 4.90 Å². The Kier molecular flexibility index (Phi) is 10.8. The molecule has 338 valence electrons. The summed E-state index contributed by atoms with van der Waals surface area (Å²) in [5.41, 5.74) is 22.3. The third kappa shape index (κ3) is 7.51. The van der Waals surface area contributed by atoms with Crippen LogP contribution < -0.4 is 4.90 Å². The maximum absolute atomic E-state index is 2.46. The second-order valence-corrected chi connectivity index (χ2v) is 18.8. The number of benzene rings is 12. The minimum absolute atomic E-state index is 0.514. The molecule has 1 aliphatic rings. The van der Waals surface area contributed by atoms with Gasteiger partial charge in [0.25, 0.3) is 0 Å². The van der Waals surface area contributed by atoms with E-state index in [4.69, 9.17) is 0 Å². The monoisotopic (exact) mass is 915 g/mol. The number of hydrogen-bond donors (Lipinski definition) is 0. The van der Waals surface area contributed by atoms with E-state index in [1.807, 2.05) is 0 Å². The van der Waals surface area contributed by atoms with E-state index in [9.17, 15) is 0 Å². The summed E-state index contributed by atoms with van der Waals surface area (Å²) in [6.45, 7) is 0. The topological polar surface area (TPSA) is 3.24 Å². The zero-order valence-electron chi connectivity index (χ0n) is 39.7. The maximum Gasteiger partial charge on any atom is 0.0714 e. The molecule has 0 spiro atoms. The molecule has 0 amide bonds. The number of hydrogen-bond acceptors (Lipinski definition) is 1. The largest absolute Gasteiger partial charge is 0.310 e. The Morgan fingerprint density at radius 1 is 0.236 bits per heavy atom. The molecule has 0 radical (unpaired) electrons. The number of nitrogens with zero attached hydrogens (tertiary/aromatic N) is 1. The Morgan fingerprint density at radius 2 is 0.611 bits per heavy atom. The summed E-state index contributed by atoms with van der Waals surface area (Å²) in [6, 6.07) is 109. The summed E-state index contributed by atoms with van der Waals surface area (Å²) in [5.74, 6) is 0. The van der Waals surface area contributed by atoms with Crippen molar-refractivity contribution in [3.05, 3.63) is 320 Å². The van der Waals surface area contributed by atoms with Crippen LogP contribution in [0.5, 0.6) is 0 Å². The summed E-state index contributed by atoms with van der Waals surface area (Å²) in [4.78, 5) is 2.46. The van der Waals surface area contributed by atoms with Crippen LogP contribution in [0.25, 0.3) is 77.5 Å². The van der Waals surface area contributed by atoms with Gasteiger partial charge in [0.05, 0.1) is 11.1 Å². The summed E-state index contributed by atoms with van der Waals surface area (Å²) >= 11 is 0. The average molecular weight is 916 g/mol. The van der Waals surface area contributed by atoms with Crippen LogP contribution in [0.1, 0.15) is 22.3 Å². The van der Waals surface area contributed by atoms with Gasteiger partial charge in [-0.3, -0.25) is 0 Å². The molecule has 0 unspecified atom stereocenters. The van der Waals surface area contributed by atoms with Gasteiger partial charge in [-0.2, -0.15) is 0 Å². The molecule has 12 aromatic rings. The van der Waals surface area contributed by atoms with Crippen molar-refractivity contribution in [2.45, 2.75) is 5.41 Å². The van der Waals surface area contributed by atoms with Crippen LogP contribution in [-0.2, 0) is 5.41 Å². The third-order valence-electron chi connectivity index (χ3n) is 14.8. The van der Waals surface area contributed by atoms with E-state index in [2.05, 4.69) is 302 Å². The first kappa shape index (κ1) is 42.8. The van der Waals surface area contributed by atoms with Crippen LogP contribution >= 0.6 is 0 Å². The summed E-state index contributed by atoms with van der Waals surface area (Å²) < 4.78 is 0. The van der Waals surface area contributed by atoms with Crippen molar-refractivity contribution < 1.29 is 0 Å². The molecular formula is C71H49N. The van der Waals surface area contributed by atoms with E-state index in [0.717, 1.165) is 17.1 Å². The molecule has 0 fully saturated rings. The molecule has 0 saturated heterocycles. The van der Waals surface area contributed by atoms with E-state index in [-0.39, 0.29) is 0 Å². The van der Waals surface area contributed by atoms with Gasteiger partial charge in [-0.25, -0.2) is 0 Å². The van der Waals surface area contributed by atoms with E-state index in [0.29, 0.717) is 0 Å². The highest BCUT2D eigenvalue weighted by Gasteiger charge is 2.47. The molecular weight excluding hydrogens is 867 g/mol. The first-order valence-corrected chi connectivity index (χ1v) is 24.9. The highest BCUT2D eigenvalue weighted by atomic mass is 15.1. The van der Waals surface area contributed by atoms with Crippen LogP contribution in [0, 0.1) is 0 Å². The van der Waals surface area contributed by atoms with Crippen LogP contribution in [0.3, 0.4) is 0 Å². The molecule has 13 rings (SSSR count).